The molecule has 3 heteroatoms. The maximum atomic E-state index is 6.86. The summed E-state index contributed by atoms with van der Waals surface area (Å²) in [5, 5.41) is 5.53. The number of rotatable bonds is 4. The first-order valence-corrected chi connectivity index (χ1v) is 16.9. The molecule has 2 heterocycles. The van der Waals surface area contributed by atoms with Crippen LogP contribution < -0.4 is 0 Å². The summed E-state index contributed by atoms with van der Waals surface area (Å²) in [4.78, 5) is 10.5. The van der Waals surface area contributed by atoms with Crippen LogP contribution in [0.1, 0.15) is 17.5 Å². The van der Waals surface area contributed by atoms with Gasteiger partial charge in [-0.25, -0.2) is 9.97 Å². The molecule has 3 nitrogen and oxygen atoms in total. The SMILES string of the molecule is C1=Cc2cc(-c3ccc(-c4nc(-c5cccc(-c6ccccc6)c5)c5ccccc5n4)c4oc5cc6ccccc6cc5c34)ccc2CC1. The number of allylic oxidation sites excluding steroid dienone is 1. The van der Waals surface area contributed by atoms with Gasteiger partial charge in [-0.2, -0.15) is 0 Å². The zero-order valence-corrected chi connectivity index (χ0v) is 26.7. The molecule has 0 aliphatic heterocycles. The fraction of sp³-hybridized carbons (Fsp3) is 0.0435. The molecule has 0 spiro atoms. The Morgan fingerprint density at radius 3 is 2.22 bits per heavy atom. The molecule has 1 aliphatic rings. The number of hydrogen-bond donors (Lipinski definition) is 0. The Kier molecular flexibility index (Phi) is 6.31. The lowest BCUT2D eigenvalue weighted by atomic mass is 9.91. The van der Waals surface area contributed by atoms with Gasteiger partial charge in [0.05, 0.1) is 16.8 Å². The molecule has 0 atom stereocenters. The van der Waals surface area contributed by atoms with Crippen molar-refractivity contribution in [3.63, 3.8) is 0 Å². The molecule has 9 aromatic rings. The van der Waals surface area contributed by atoms with Crippen molar-refractivity contribution in [1.29, 1.82) is 0 Å². The molecule has 0 saturated heterocycles. The summed E-state index contributed by atoms with van der Waals surface area (Å²) >= 11 is 0. The normalized spacial score (nSPS) is 12.7. The smallest absolute Gasteiger partial charge is 0.164 e. The van der Waals surface area contributed by atoms with Crippen molar-refractivity contribution in [3.8, 4) is 44.9 Å². The van der Waals surface area contributed by atoms with Gasteiger partial charge in [0, 0.05) is 21.7 Å². The highest BCUT2D eigenvalue weighted by Gasteiger charge is 2.21. The number of aromatic nitrogens is 2. The zero-order valence-electron chi connectivity index (χ0n) is 26.7. The Morgan fingerprint density at radius 2 is 1.31 bits per heavy atom. The number of nitrogens with zero attached hydrogens (tertiary/aromatic N) is 2. The lowest BCUT2D eigenvalue weighted by Crippen LogP contribution is -1.96. The summed E-state index contributed by atoms with van der Waals surface area (Å²) in [5.41, 5.74) is 12.7. The molecule has 0 N–H and O–H groups in total. The zero-order chi connectivity index (χ0) is 32.3. The molecular weight excluding hydrogens is 597 g/mol. The minimum Gasteiger partial charge on any atom is -0.455 e. The van der Waals surface area contributed by atoms with Crippen LogP contribution in [-0.4, -0.2) is 9.97 Å². The molecule has 0 bridgehead atoms. The highest BCUT2D eigenvalue weighted by molar-refractivity contribution is 6.18. The number of benzene rings is 7. The van der Waals surface area contributed by atoms with Gasteiger partial charge in [0.15, 0.2) is 5.82 Å². The molecule has 49 heavy (non-hydrogen) atoms. The quantitative estimate of drug-likeness (QED) is 0.195. The number of fused-ring (bicyclic) bond motifs is 6. The number of furan rings is 1. The van der Waals surface area contributed by atoms with Crippen LogP contribution in [0.25, 0.3) is 94.6 Å². The molecule has 2 aromatic heterocycles. The predicted molar refractivity (Wildman–Crippen MR) is 203 cm³/mol. The first kappa shape index (κ1) is 27.8. The van der Waals surface area contributed by atoms with Crippen LogP contribution in [-0.2, 0) is 6.42 Å². The van der Waals surface area contributed by atoms with Crippen LogP contribution in [0.3, 0.4) is 0 Å². The van der Waals surface area contributed by atoms with Gasteiger partial charge in [-0.05, 0) is 93.4 Å². The van der Waals surface area contributed by atoms with Gasteiger partial charge in [-0.3, -0.25) is 0 Å². The number of aryl methyl sites for hydroxylation is 1. The second kappa shape index (κ2) is 11.1. The van der Waals surface area contributed by atoms with E-state index in [0.717, 1.165) is 79.0 Å². The van der Waals surface area contributed by atoms with Crippen molar-refractivity contribution in [2.75, 3.05) is 0 Å². The molecule has 230 valence electrons. The number of para-hydroxylation sites is 1. The van der Waals surface area contributed by atoms with Gasteiger partial charge in [0.2, 0.25) is 0 Å². The van der Waals surface area contributed by atoms with E-state index in [4.69, 9.17) is 14.4 Å². The maximum Gasteiger partial charge on any atom is 0.164 e. The van der Waals surface area contributed by atoms with E-state index >= 15 is 0 Å². The topological polar surface area (TPSA) is 38.9 Å². The van der Waals surface area contributed by atoms with Crippen molar-refractivity contribution in [3.05, 3.63) is 163 Å². The second-order valence-corrected chi connectivity index (χ2v) is 12.9. The number of hydrogen-bond acceptors (Lipinski definition) is 3. The van der Waals surface area contributed by atoms with Gasteiger partial charge in [-0.1, -0.05) is 121 Å². The summed E-state index contributed by atoms with van der Waals surface area (Å²) in [5.74, 6) is 0.646. The first-order valence-electron chi connectivity index (χ1n) is 16.9. The van der Waals surface area contributed by atoms with Crippen molar-refractivity contribution in [2.45, 2.75) is 12.8 Å². The van der Waals surface area contributed by atoms with E-state index in [2.05, 4.69) is 146 Å². The molecule has 0 radical (unpaired) electrons. The second-order valence-electron chi connectivity index (χ2n) is 12.9. The Balaban J connectivity index is 1.23. The van der Waals surface area contributed by atoms with Crippen LogP contribution in [0, 0.1) is 0 Å². The van der Waals surface area contributed by atoms with Crippen molar-refractivity contribution < 1.29 is 4.42 Å². The summed E-state index contributed by atoms with van der Waals surface area (Å²) in [6.45, 7) is 0. The lowest BCUT2D eigenvalue weighted by Gasteiger charge is -2.14. The Hall–Kier alpha value is -6.32. The summed E-state index contributed by atoms with van der Waals surface area (Å²) in [6, 6.07) is 51.5. The van der Waals surface area contributed by atoms with Gasteiger partial charge in [0.25, 0.3) is 0 Å². The van der Waals surface area contributed by atoms with Gasteiger partial charge in [-0.15, -0.1) is 0 Å². The molecule has 7 aromatic carbocycles. The van der Waals surface area contributed by atoms with E-state index in [9.17, 15) is 0 Å². The van der Waals surface area contributed by atoms with Crippen LogP contribution in [0.15, 0.2) is 156 Å². The van der Waals surface area contributed by atoms with Crippen LogP contribution in [0.2, 0.25) is 0 Å². The van der Waals surface area contributed by atoms with E-state index in [-0.39, 0.29) is 0 Å². The third-order valence-corrected chi connectivity index (χ3v) is 9.91. The molecule has 0 fully saturated rings. The van der Waals surface area contributed by atoms with E-state index in [1.165, 1.54) is 27.6 Å². The summed E-state index contributed by atoms with van der Waals surface area (Å²) in [6.07, 6.45) is 6.70. The monoisotopic (exact) mass is 626 g/mol. The maximum absolute atomic E-state index is 6.86. The molecule has 1 aliphatic carbocycles. The van der Waals surface area contributed by atoms with Crippen LogP contribution >= 0.6 is 0 Å². The lowest BCUT2D eigenvalue weighted by molar-refractivity contribution is 0.670. The van der Waals surface area contributed by atoms with E-state index in [1.807, 2.05) is 12.1 Å². The standard InChI is InChI=1S/C46H30N2O/c1-2-11-29(12-3-1)32-17-10-18-36(26-32)44-38-19-8-9-20-41(38)47-46(48-44)39-24-23-37(35-22-21-30-13-4-5-14-31(30)25-35)43-40-27-33-15-6-7-16-34(33)28-42(40)49-45(39)43/h1-3,5-12,14-28H,4,13H2. The minimum absolute atomic E-state index is 0.646. The van der Waals surface area contributed by atoms with Crippen LogP contribution in [0.5, 0.6) is 0 Å². The third-order valence-electron chi connectivity index (χ3n) is 9.91. The average Bonchev–Trinajstić information content (AvgIpc) is 3.54. The fourth-order valence-electron chi connectivity index (χ4n) is 7.47. The molecule has 0 saturated carbocycles. The summed E-state index contributed by atoms with van der Waals surface area (Å²) < 4.78 is 6.86. The Morgan fingerprint density at radius 1 is 0.531 bits per heavy atom. The predicted octanol–water partition coefficient (Wildman–Crippen LogP) is 12.3. The van der Waals surface area contributed by atoms with E-state index in [0.29, 0.717) is 5.82 Å². The van der Waals surface area contributed by atoms with E-state index in [1.54, 1.807) is 0 Å². The van der Waals surface area contributed by atoms with Crippen molar-refractivity contribution in [2.24, 2.45) is 0 Å². The fourth-order valence-corrected chi connectivity index (χ4v) is 7.47. The molecular formula is C46H30N2O. The van der Waals surface area contributed by atoms with Gasteiger partial charge in [0.1, 0.15) is 11.2 Å². The van der Waals surface area contributed by atoms with Crippen molar-refractivity contribution in [1.82, 2.24) is 9.97 Å². The van der Waals surface area contributed by atoms with E-state index < -0.39 is 0 Å². The summed E-state index contributed by atoms with van der Waals surface area (Å²) in [7, 11) is 0. The first-order chi connectivity index (χ1) is 24.3. The Bertz CT molecular complexity index is 2770. The van der Waals surface area contributed by atoms with Gasteiger partial charge >= 0.3 is 0 Å². The third kappa shape index (κ3) is 4.66. The molecule has 0 amide bonds. The largest absolute Gasteiger partial charge is 0.455 e. The Labute approximate surface area is 283 Å². The minimum atomic E-state index is 0.646. The van der Waals surface area contributed by atoms with Crippen molar-refractivity contribution >= 4 is 49.7 Å². The van der Waals surface area contributed by atoms with Gasteiger partial charge < -0.3 is 4.42 Å². The van der Waals surface area contributed by atoms with Crippen LogP contribution in [0.4, 0.5) is 0 Å². The average molecular weight is 627 g/mol. The molecule has 0 unspecified atom stereocenters. The molecule has 10 rings (SSSR count). The highest BCUT2D eigenvalue weighted by atomic mass is 16.3. The highest BCUT2D eigenvalue weighted by Crippen LogP contribution is 2.43.